The Morgan fingerprint density at radius 3 is 1.53 bits per heavy atom. The normalized spacial score (nSPS) is 22.5. The summed E-state index contributed by atoms with van der Waals surface area (Å²) in [6, 6.07) is 54.0. The van der Waals surface area contributed by atoms with E-state index < -0.39 is 80.1 Å². The van der Waals surface area contributed by atoms with Crippen molar-refractivity contribution in [3.05, 3.63) is 380 Å². The molecule has 0 aliphatic heterocycles. The fourth-order valence-electron chi connectivity index (χ4n) is 16.7. The Hall–Kier alpha value is -10.5. The van der Waals surface area contributed by atoms with Gasteiger partial charge in [-0.2, -0.15) is 0 Å². The third-order valence-corrected chi connectivity index (χ3v) is 21.3. The Morgan fingerprint density at radius 1 is 0.443 bits per heavy atom. The number of anilines is 4. The smallest absolute Gasteiger partial charge is 0.200 e. The van der Waals surface area contributed by atoms with Crippen molar-refractivity contribution in [3.8, 4) is 11.1 Å². The van der Waals surface area contributed by atoms with Crippen LogP contribution in [0.1, 0.15) is 94.5 Å². The highest BCUT2D eigenvalue weighted by Crippen LogP contribution is 2.68. The van der Waals surface area contributed by atoms with Crippen molar-refractivity contribution < 1.29 is 43.9 Å². The van der Waals surface area contributed by atoms with E-state index in [-0.39, 0.29) is 29.6 Å². The molecule has 0 heterocycles. The van der Waals surface area contributed by atoms with Crippen molar-refractivity contribution >= 4 is 34.9 Å². The first-order chi connectivity index (χ1) is 47.2. The SMILES string of the molecule is C=Cc1ccc(C2(c3c(F)c(F)c(F)c(F)c3F)C3=CC(N(c4ccccc4)c4ccc(C5CC=C(C6C=CC(N(c7ccccc7)c7ccc8c(c7)C(c7ccc(C=C)cc7)(c7c(F)c(F)c(F)c(F)c7F)c7ccccc7-8)=CC6)CC5)cc4)=CCC3C3=C2C=CC2CC32)cc1. The van der Waals surface area contributed by atoms with Gasteiger partial charge in [0.25, 0.3) is 0 Å². The first kappa shape index (κ1) is 61.4. The molecule has 0 N–H and O–H groups in total. The summed E-state index contributed by atoms with van der Waals surface area (Å²) in [5.41, 5.74) is 7.19. The van der Waals surface area contributed by atoms with Gasteiger partial charge in [0.15, 0.2) is 46.5 Å². The second-order valence-corrected chi connectivity index (χ2v) is 26.1. The van der Waals surface area contributed by atoms with Crippen LogP contribution < -0.4 is 9.80 Å². The maximum atomic E-state index is 16.9. The molecule has 9 aromatic rings. The molecule has 97 heavy (non-hydrogen) atoms. The van der Waals surface area contributed by atoms with E-state index in [2.05, 4.69) is 72.7 Å². The second kappa shape index (κ2) is 23.7. The van der Waals surface area contributed by atoms with Gasteiger partial charge < -0.3 is 9.80 Å². The van der Waals surface area contributed by atoms with Gasteiger partial charge in [-0.05, 0) is 178 Å². The summed E-state index contributed by atoms with van der Waals surface area (Å²) in [7, 11) is 0. The van der Waals surface area contributed by atoms with Gasteiger partial charge in [-0.25, -0.2) is 43.9 Å². The monoisotopic (exact) mass is 1300 g/mol. The Kier molecular flexibility index (Phi) is 15.0. The zero-order valence-electron chi connectivity index (χ0n) is 52.2. The van der Waals surface area contributed by atoms with Gasteiger partial charge in [0.1, 0.15) is 0 Å². The lowest BCUT2D eigenvalue weighted by Crippen LogP contribution is -2.35. The molecule has 7 unspecified atom stereocenters. The highest BCUT2D eigenvalue weighted by Gasteiger charge is 2.60. The molecule has 7 aliphatic carbocycles. The summed E-state index contributed by atoms with van der Waals surface area (Å²) in [5.74, 6) is -19.9. The molecule has 1 fully saturated rings. The topological polar surface area (TPSA) is 6.48 Å². The minimum atomic E-state index is -2.24. The summed E-state index contributed by atoms with van der Waals surface area (Å²) in [4.78, 5) is 4.13. The predicted molar refractivity (Wildman–Crippen MR) is 363 cm³/mol. The molecule has 0 spiro atoms. The number of para-hydroxylation sites is 2. The molecule has 16 rings (SSSR count). The van der Waals surface area contributed by atoms with Crippen molar-refractivity contribution in [1.29, 1.82) is 0 Å². The Morgan fingerprint density at radius 2 is 0.959 bits per heavy atom. The first-order valence-electron chi connectivity index (χ1n) is 32.6. The van der Waals surface area contributed by atoms with E-state index in [9.17, 15) is 4.39 Å². The van der Waals surface area contributed by atoms with Crippen LogP contribution >= 0.6 is 0 Å². The van der Waals surface area contributed by atoms with E-state index in [0.29, 0.717) is 74.3 Å². The molecule has 7 aliphatic rings. The van der Waals surface area contributed by atoms with Gasteiger partial charge >= 0.3 is 0 Å². The van der Waals surface area contributed by atoms with E-state index >= 15 is 39.5 Å². The van der Waals surface area contributed by atoms with Crippen LogP contribution in [0.15, 0.2) is 271 Å². The van der Waals surface area contributed by atoms with Gasteiger partial charge in [0.2, 0.25) is 11.6 Å². The maximum Gasteiger partial charge on any atom is 0.200 e. The van der Waals surface area contributed by atoms with Crippen LogP contribution in [0.4, 0.5) is 66.7 Å². The molecule has 0 aromatic heterocycles. The largest absolute Gasteiger partial charge is 0.311 e. The van der Waals surface area contributed by atoms with Crippen LogP contribution in [0.2, 0.25) is 0 Å². The van der Waals surface area contributed by atoms with Crippen LogP contribution in [0.3, 0.4) is 0 Å². The molecule has 0 bridgehead atoms. The summed E-state index contributed by atoms with van der Waals surface area (Å²) in [5, 5.41) is 0. The van der Waals surface area contributed by atoms with E-state index in [0.717, 1.165) is 65.1 Å². The summed E-state index contributed by atoms with van der Waals surface area (Å²) in [6.45, 7) is 7.75. The van der Waals surface area contributed by atoms with Gasteiger partial charge in [-0.15, -0.1) is 0 Å². The highest BCUT2D eigenvalue weighted by atomic mass is 19.2. The number of hydrogen-bond donors (Lipinski definition) is 0. The van der Waals surface area contributed by atoms with Crippen LogP contribution in [-0.2, 0) is 10.8 Å². The highest BCUT2D eigenvalue weighted by molar-refractivity contribution is 5.89. The van der Waals surface area contributed by atoms with E-state index in [1.54, 1.807) is 84.9 Å². The number of halogens is 10. The zero-order chi connectivity index (χ0) is 66.8. The molecule has 2 nitrogen and oxygen atoms in total. The summed E-state index contributed by atoms with van der Waals surface area (Å²) < 4.78 is 160. The maximum absolute atomic E-state index is 16.9. The fraction of sp³-hybridized carbons (Fsp3) is 0.153. The fourth-order valence-corrected chi connectivity index (χ4v) is 16.7. The lowest BCUT2D eigenvalue weighted by Gasteiger charge is -2.39. The van der Waals surface area contributed by atoms with Crippen molar-refractivity contribution in [2.75, 3.05) is 9.80 Å². The van der Waals surface area contributed by atoms with Gasteiger partial charge in [-0.3, -0.25) is 0 Å². The Balaban J connectivity index is 0.704. The molecule has 1 saturated carbocycles. The van der Waals surface area contributed by atoms with E-state index in [4.69, 9.17) is 0 Å². The van der Waals surface area contributed by atoms with Crippen LogP contribution in [-0.4, -0.2) is 0 Å². The van der Waals surface area contributed by atoms with Crippen LogP contribution in [0.5, 0.6) is 0 Å². The standard InChI is InChI=1S/C85H60F10N2/c1-3-48-19-32-55(33-20-48)84(72-74(86)78(90)82(94)79(91)75(72)87)67-18-12-11-17-63(67)64-42-40-61(46-69(64)84)96(57-13-7-5-8-14-57)59-36-27-52(28-37-59)50-23-25-51(26-24-50)53-29-38-60(39-30-53)97(58-15-9-6-10-16-58)62-41-43-65-70(47-62)85(56-34-21-49(4-2)22-35-56,68-44-31-54-45-66(54)71(65)68)73-76(88)80(92)83(95)81(93)77(73)89/h3-23,27,29-42,44,46-47,51-52,54,65-66H,1-2,24-26,28,43,45H2. The minimum Gasteiger partial charge on any atom is -0.311 e. The lowest BCUT2D eigenvalue weighted by molar-refractivity contribution is 0.362. The van der Waals surface area contributed by atoms with Crippen LogP contribution in [0.25, 0.3) is 23.3 Å². The molecule has 9 aromatic carbocycles. The molecule has 0 saturated heterocycles. The average molecular weight is 1300 g/mol. The molecular formula is C85H60F10N2. The molecule has 480 valence electrons. The van der Waals surface area contributed by atoms with E-state index in [1.165, 1.54) is 5.57 Å². The Bertz CT molecular complexity index is 4940. The van der Waals surface area contributed by atoms with Gasteiger partial charge in [0.05, 0.1) is 10.8 Å². The number of fused-ring (bicyclic) bond motifs is 7. The number of hydrogen-bond acceptors (Lipinski definition) is 2. The van der Waals surface area contributed by atoms with E-state index in [1.807, 2.05) is 102 Å². The lowest BCUT2D eigenvalue weighted by atomic mass is 9.64. The quantitative estimate of drug-likeness (QED) is 0.0463. The van der Waals surface area contributed by atoms with Crippen molar-refractivity contribution in [2.45, 2.75) is 55.3 Å². The van der Waals surface area contributed by atoms with Crippen molar-refractivity contribution in [1.82, 2.24) is 0 Å². The molecule has 0 radical (unpaired) electrons. The Labute approximate surface area is 555 Å². The summed E-state index contributed by atoms with van der Waals surface area (Å²) >= 11 is 0. The molecule has 7 atom stereocenters. The van der Waals surface area contributed by atoms with Crippen molar-refractivity contribution in [2.24, 2.45) is 23.7 Å². The van der Waals surface area contributed by atoms with Gasteiger partial charge in [0, 0.05) is 57.1 Å². The van der Waals surface area contributed by atoms with Crippen LogP contribution in [0, 0.1) is 81.8 Å². The molecule has 0 amide bonds. The zero-order valence-corrected chi connectivity index (χ0v) is 52.2. The second-order valence-electron chi connectivity index (χ2n) is 26.1. The third kappa shape index (κ3) is 9.44. The third-order valence-electron chi connectivity index (χ3n) is 21.3. The summed E-state index contributed by atoms with van der Waals surface area (Å²) in [6.07, 6.45) is 24.3. The number of allylic oxidation sites excluding steroid dienone is 12. The van der Waals surface area contributed by atoms with Crippen molar-refractivity contribution in [3.63, 3.8) is 0 Å². The predicted octanol–water partition coefficient (Wildman–Crippen LogP) is 22.7. The number of benzene rings is 9. The number of nitrogens with zero attached hydrogens (tertiary/aromatic N) is 2. The number of rotatable bonds is 14. The molecule has 12 heteroatoms. The first-order valence-corrected chi connectivity index (χ1v) is 32.6. The van der Waals surface area contributed by atoms with Gasteiger partial charge in [-0.1, -0.05) is 200 Å². The average Bonchev–Trinajstić information content (AvgIpc) is 1.54. The molecular weight excluding hydrogens is 1240 g/mol. The minimum absolute atomic E-state index is 0.0653.